The molecule has 216 valence electrons. The molecule has 1 aromatic heterocycles. The minimum atomic E-state index is -0.982. The van der Waals surface area contributed by atoms with Crippen LogP contribution in [0.3, 0.4) is 0 Å². The number of aryl methyl sites for hydroxylation is 2. The van der Waals surface area contributed by atoms with E-state index in [1.54, 1.807) is 51.3 Å². The lowest BCUT2D eigenvalue weighted by Gasteiger charge is -2.16. The predicted molar refractivity (Wildman–Crippen MR) is 148 cm³/mol. The molecule has 0 fully saturated rings. The molecule has 0 saturated carbocycles. The number of nitrogens with zero attached hydrogens (tertiary/aromatic N) is 3. The molecule has 0 unspecified atom stereocenters. The van der Waals surface area contributed by atoms with Crippen molar-refractivity contribution in [1.82, 2.24) is 19.9 Å². The van der Waals surface area contributed by atoms with Gasteiger partial charge in [-0.1, -0.05) is 20.8 Å². The molecule has 3 rings (SSSR count). The number of thiophene rings is 1. The fourth-order valence-corrected chi connectivity index (χ4v) is 4.48. The molecule has 2 aliphatic heterocycles. The molecule has 0 aromatic carbocycles. The lowest BCUT2D eigenvalue weighted by Crippen LogP contribution is -2.42. The fourth-order valence-electron chi connectivity index (χ4n) is 3.63. The Labute approximate surface area is 236 Å². The first-order valence-electron chi connectivity index (χ1n) is 13.0. The highest BCUT2D eigenvalue weighted by Gasteiger charge is 2.26. The maximum absolute atomic E-state index is 12.8. The van der Waals surface area contributed by atoms with Crippen LogP contribution in [0.2, 0.25) is 0 Å². The van der Waals surface area contributed by atoms with Gasteiger partial charge in [-0.3, -0.25) is 14.4 Å². The number of ether oxygens (including phenoxy) is 2. The van der Waals surface area contributed by atoms with Gasteiger partial charge < -0.3 is 29.8 Å². The van der Waals surface area contributed by atoms with Crippen LogP contribution in [0, 0.1) is 5.41 Å². The van der Waals surface area contributed by atoms with Crippen molar-refractivity contribution < 1.29 is 33.8 Å². The van der Waals surface area contributed by atoms with Gasteiger partial charge in [0.2, 0.25) is 11.8 Å². The summed E-state index contributed by atoms with van der Waals surface area (Å²) < 4.78 is 11.5. The Morgan fingerprint density at radius 2 is 1.85 bits per heavy atom. The van der Waals surface area contributed by atoms with E-state index < -0.39 is 29.3 Å². The smallest absolute Gasteiger partial charge is 0.328 e. The van der Waals surface area contributed by atoms with Crippen LogP contribution in [-0.4, -0.2) is 62.7 Å². The monoisotopic (exact) mass is 573 g/mol. The molecule has 3 heterocycles. The Balaban J connectivity index is 1.64. The van der Waals surface area contributed by atoms with Crippen LogP contribution in [-0.2, 0) is 36.8 Å². The van der Waals surface area contributed by atoms with Crippen LogP contribution < -0.4 is 10.6 Å². The van der Waals surface area contributed by atoms with Crippen LogP contribution in [0.1, 0.15) is 62.7 Å². The van der Waals surface area contributed by atoms with Crippen molar-refractivity contribution in [2.75, 3.05) is 18.5 Å². The number of hydrogen-bond donors (Lipinski definition) is 3. The maximum Gasteiger partial charge on any atom is 0.328 e. The number of fused-ring (bicyclic) bond motifs is 1. The number of carbonyl (C=O) groups is 4. The number of carbonyl (C=O) groups excluding carboxylic acids is 4. The number of aromatic hydroxyl groups is 1. The zero-order valence-corrected chi connectivity index (χ0v) is 24.1. The molecule has 0 radical (unpaired) electrons. The van der Waals surface area contributed by atoms with Gasteiger partial charge in [-0.15, -0.1) is 11.3 Å². The molecule has 13 heteroatoms. The van der Waals surface area contributed by atoms with Gasteiger partial charge in [0.05, 0.1) is 30.0 Å². The van der Waals surface area contributed by atoms with Gasteiger partial charge in [0, 0.05) is 18.4 Å². The summed E-state index contributed by atoms with van der Waals surface area (Å²) in [7, 11) is 0. The van der Waals surface area contributed by atoms with Crippen molar-refractivity contribution >= 4 is 40.9 Å². The first-order chi connectivity index (χ1) is 18.9. The van der Waals surface area contributed by atoms with E-state index in [1.807, 2.05) is 5.38 Å². The van der Waals surface area contributed by atoms with Crippen LogP contribution in [0.4, 0.5) is 5.82 Å². The second-order valence-electron chi connectivity index (χ2n) is 10.0. The Bertz CT molecular complexity index is 1330. The van der Waals surface area contributed by atoms with Crippen molar-refractivity contribution in [1.29, 1.82) is 0 Å². The number of hydrogen-bond acceptors (Lipinski definition) is 10. The summed E-state index contributed by atoms with van der Waals surface area (Å²) in [5.74, 6) is -1.15. The summed E-state index contributed by atoms with van der Waals surface area (Å²) in [5, 5.41) is 18.0. The summed E-state index contributed by atoms with van der Waals surface area (Å²) in [4.78, 5) is 58.1. The highest BCUT2D eigenvalue weighted by molar-refractivity contribution is 7.12. The van der Waals surface area contributed by atoms with Gasteiger partial charge in [0.1, 0.15) is 11.9 Å². The molecule has 12 nitrogen and oxygen atoms in total. The van der Waals surface area contributed by atoms with Crippen molar-refractivity contribution in [2.24, 2.45) is 5.41 Å². The van der Waals surface area contributed by atoms with Gasteiger partial charge in [-0.05, 0) is 49.8 Å². The molecule has 0 bridgehead atoms. The van der Waals surface area contributed by atoms with Crippen LogP contribution >= 0.6 is 11.3 Å². The lowest BCUT2D eigenvalue weighted by atomic mass is 9.96. The lowest BCUT2D eigenvalue weighted by molar-refractivity contribution is -0.146. The second-order valence-corrected chi connectivity index (χ2v) is 10.9. The quantitative estimate of drug-likeness (QED) is 0.276. The average molecular weight is 574 g/mol. The van der Waals surface area contributed by atoms with E-state index in [9.17, 15) is 24.3 Å². The first-order valence-corrected chi connectivity index (χ1v) is 13.9. The third-order valence-electron chi connectivity index (χ3n) is 5.84. The zero-order valence-electron chi connectivity index (χ0n) is 23.3. The average Bonchev–Trinajstić information content (AvgIpc) is 3.53. The molecule has 2 amide bonds. The normalized spacial score (nSPS) is 12.1. The number of esters is 2. The molecular weight excluding hydrogens is 538 g/mol. The Kier molecular flexibility index (Phi) is 10.2. The van der Waals surface area contributed by atoms with Crippen LogP contribution in [0.15, 0.2) is 23.8 Å². The van der Waals surface area contributed by atoms with Gasteiger partial charge in [0.25, 0.3) is 5.91 Å². The largest absolute Gasteiger partial charge is 0.494 e. The molecule has 0 saturated heterocycles. The maximum atomic E-state index is 12.8. The molecule has 1 atom stereocenters. The van der Waals surface area contributed by atoms with E-state index in [4.69, 9.17) is 9.47 Å². The van der Waals surface area contributed by atoms with E-state index in [0.717, 1.165) is 5.56 Å². The molecule has 3 N–H and O–H groups in total. The molecular formula is C27H35N5O7S. The highest BCUT2D eigenvalue weighted by Crippen LogP contribution is 2.32. The van der Waals surface area contributed by atoms with Gasteiger partial charge in [-0.2, -0.15) is 0 Å². The first kappa shape index (κ1) is 30.5. The molecule has 0 spiro atoms. The van der Waals surface area contributed by atoms with Crippen molar-refractivity contribution in [3.8, 4) is 17.3 Å². The highest BCUT2D eigenvalue weighted by atomic mass is 32.1. The summed E-state index contributed by atoms with van der Waals surface area (Å²) in [5.41, 5.74) is 0.657. The van der Waals surface area contributed by atoms with E-state index in [0.29, 0.717) is 35.0 Å². The summed E-state index contributed by atoms with van der Waals surface area (Å²) in [6.45, 7) is 9.47. The predicted octanol–water partition coefficient (Wildman–Crippen LogP) is 3.38. The number of aromatic nitrogens is 3. The van der Waals surface area contributed by atoms with Gasteiger partial charge in [-0.25, -0.2) is 14.8 Å². The van der Waals surface area contributed by atoms with Crippen molar-refractivity contribution in [2.45, 2.75) is 66.5 Å². The van der Waals surface area contributed by atoms with Crippen molar-refractivity contribution in [3.63, 3.8) is 0 Å². The minimum Gasteiger partial charge on any atom is -0.494 e. The number of nitrogens with one attached hydrogen (secondary N) is 2. The summed E-state index contributed by atoms with van der Waals surface area (Å²) in [6.07, 6.45) is 1.98. The van der Waals surface area contributed by atoms with E-state index in [1.165, 1.54) is 17.7 Å². The Morgan fingerprint density at radius 3 is 2.52 bits per heavy atom. The molecule has 1 aromatic rings. The summed E-state index contributed by atoms with van der Waals surface area (Å²) in [6, 6.07) is 2.30. The standard InChI is InChI=1S/C27H35N5O7S/c1-6-38-21(33)9-8-18(25(36)39-7-2)29-23(34)19-12-16(14-40-19)10-11-32-15-28-22-17(24(32)35)13-20(30-22)31-26(37)27(3,4)5/h12-15,18,35H,6-11H2,1-5H3,(H,29,34)(H,31,37)/t18-/m0/s1. The van der Waals surface area contributed by atoms with Gasteiger partial charge >= 0.3 is 11.9 Å². The number of anilines is 1. The third kappa shape index (κ3) is 8.01. The fraction of sp³-hybridized carbons (Fsp3) is 0.481. The minimum absolute atomic E-state index is 0.0320. The van der Waals surface area contributed by atoms with Crippen LogP contribution in [0.25, 0.3) is 11.4 Å². The Morgan fingerprint density at radius 1 is 1.12 bits per heavy atom. The van der Waals surface area contributed by atoms with E-state index in [2.05, 4.69) is 20.6 Å². The molecule has 0 aliphatic carbocycles. The SMILES string of the molecule is CCOC(=O)CC[C@H](NC(=O)c1cc(CCn2cnc3nc(NC(=O)C(C)(C)C)cc-3c2O)cs1)C(=O)OCC. The third-order valence-corrected chi connectivity index (χ3v) is 6.82. The van der Waals surface area contributed by atoms with Crippen molar-refractivity contribution in [3.05, 3.63) is 34.3 Å². The van der Waals surface area contributed by atoms with E-state index >= 15 is 0 Å². The van der Waals surface area contributed by atoms with E-state index in [-0.39, 0.29) is 37.8 Å². The number of rotatable bonds is 12. The van der Waals surface area contributed by atoms with Gasteiger partial charge in [0.15, 0.2) is 5.82 Å². The molecule has 40 heavy (non-hydrogen) atoms. The Hall–Kier alpha value is -4.00. The topological polar surface area (TPSA) is 162 Å². The zero-order chi connectivity index (χ0) is 29.4. The summed E-state index contributed by atoms with van der Waals surface area (Å²) >= 11 is 1.22. The van der Waals surface area contributed by atoms with Crippen LogP contribution in [0.5, 0.6) is 5.88 Å². The molecule has 2 aliphatic rings. The number of amides is 2. The second kappa shape index (κ2) is 13.4.